The fourth-order valence-corrected chi connectivity index (χ4v) is 2.77. The number of hydrogen-bond acceptors (Lipinski definition) is 3. The number of aryl methyl sites for hydroxylation is 1. The molecular weight excluding hydrogens is 224 g/mol. The molecule has 0 radical (unpaired) electrons. The summed E-state index contributed by atoms with van der Waals surface area (Å²) in [6, 6.07) is 4.01. The molecule has 84 valence electrons. The van der Waals surface area contributed by atoms with Gasteiger partial charge in [0, 0.05) is 9.62 Å². The minimum absolute atomic E-state index is 0.167. The predicted molar refractivity (Wildman–Crippen MR) is 70.2 cm³/mol. The molecule has 0 N–H and O–H groups in total. The lowest BCUT2D eigenvalue weighted by atomic mass is 10.3. The van der Waals surface area contributed by atoms with Crippen molar-refractivity contribution >= 4 is 28.9 Å². The van der Waals surface area contributed by atoms with Gasteiger partial charge in [-0.05, 0) is 18.6 Å². The smallest absolute Gasteiger partial charge is 0.182 e. The number of carbonyl (C=O) groups excluding carboxylic acids is 1. The summed E-state index contributed by atoms with van der Waals surface area (Å²) in [6.07, 6.45) is 1.02. The largest absolute Gasteiger partial charge is 0.292 e. The first kappa shape index (κ1) is 12.8. The van der Waals surface area contributed by atoms with E-state index in [1.165, 1.54) is 4.88 Å². The van der Waals surface area contributed by atoms with Crippen LogP contribution in [0.3, 0.4) is 0 Å². The predicted octanol–water partition coefficient (Wildman–Crippen LogP) is 4.02. The minimum atomic E-state index is 0.167. The molecule has 1 aromatic rings. The van der Waals surface area contributed by atoms with Gasteiger partial charge in [0.2, 0.25) is 0 Å². The van der Waals surface area contributed by atoms with Crippen molar-refractivity contribution in [3.63, 3.8) is 0 Å². The lowest BCUT2D eigenvalue weighted by Gasteiger charge is -2.16. The Bertz CT molecular complexity index is 334. The normalized spacial score (nSPS) is 11.7. The van der Waals surface area contributed by atoms with Crippen molar-refractivity contribution in [3.8, 4) is 0 Å². The molecule has 1 rings (SSSR count). The van der Waals surface area contributed by atoms with Crippen LogP contribution >= 0.6 is 23.1 Å². The van der Waals surface area contributed by atoms with Crippen LogP contribution in [0, 0.1) is 0 Å². The Kier molecular flexibility index (Phi) is 4.41. The van der Waals surface area contributed by atoms with Gasteiger partial charge in [0.15, 0.2) is 5.78 Å². The Morgan fingerprint density at radius 2 is 2.07 bits per heavy atom. The topological polar surface area (TPSA) is 17.1 Å². The monoisotopic (exact) mass is 242 g/mol. The van der Waals surface area contributed by atoms with Gasteiger partial charge in [-0.1, -0.05) is 27.7 Å². The van der Waals surface area contributed by atoms with Gasteiger partial charge in [-0.15, -0.1) is 23.1 Å². The molecule has 0 aliphatic carbocycles. The highest BCUT2D eigenvalue weighted by molar-refractivity contribution is 8.01. The summed E-state index contributed by atoms with van der Waals surface area (Å²) >= 11 is 3.34. The molecule has 15 heavy (non-hydrogen) atoms. The van der Waals surface area contributed by atoms with Crippen LogP contribution in [0.1, 0.15) is 42.2 Å². The molecule has 0 spiro atoms. The van der Waals surface area contributed by atoms with Gasteiger partial charge in [-0.3, -0.25) is 4.79 Å². The molecule has 0 fully saturated rings. The van der Waals surface area contributed by atoms with Crippen LogP contribution < -0.4 is 0 Å². The van der Waals surface area contributed by atoms with E-state index in [1.54, 1.807) is 23.1 Å². The number of ketones is 1. The average Bonchev–Trinajstić information content (AvgIpc) is 2.61. The fraction of sp³-hybridized carbons (Fsp3) is 0.583. The van der Waals surface area contributed by atoms with Gasteiger partial charge in [0.1, 0.15) is 0 Å². The molecule has 0 bridgehead atoms. The van der Waals surface area contributed by atoms with Crippen LogP contribution in [0.4, 0.5) is 0 Å². The van der Waals surface area contributed by atoms with Crippen LogP contribution in [0.25, 0.3) is 0 Å². The van der Waals surface area contributed by atoms with E-state index in [-0.39, 0.29) is 10.5 Å². The molecule has 0 atom stereocenters. The van der Waals surface area contributed by atoms with E-state index in [1.807, 2.05) is 6.07 Å². The van der Waals surface area contributed by atoms with Crippen molar-refractivity contribution in [2.75, 3.05) is 5.75 Å². The van der Waals surface area contributed by atoms with E-state index >= 15 is 0 Å². The summed E-state index contributed by atoms with van der Waals surface area (Å²) in [5, 5.41) is 0. The maximum absolute atomic E-state index is 11.8. The third-order valence-electron chi connectivity index (χ3n) is 1.92. The van der Waals surface area contributed by atoms with E-state index in [4.69, 9.17) is 0 Å². The van der Waals surface area contributed by atoms with Gasteiger partial charge >= 0.3 is 0 Å². The SMILES string of the molecule is CCc1ccc(C(=O)CSC(C)(C)C)s1. The van der Waals surface area contributed by atoms with Gasteiger partial charge in [-0.25, -0.2) is 0 Å². The summed E-state index contributed by atoms with van der Waals surface area (Å²) < 4.78 is 0.167. The molecule has 1 nitrogen and oxygen atoms in total. The van der Waals surface area contributed by atoms with Crippen LogP contribution in [0.15, 0.2) is 12.1 Å². The lowest BCUT2D eigenvalue weighted by Crippen LogP contribution is -2.12. The summed E-state index contributed by atoms with van der Waals surface area (Å²) in [4.78, 5) is 14.0. The molecule has 0 aliphatic heterocycles. The second-order valence-electron chi connectivity index (χ2n) is 4.44. The number of carbonyl (C=O) groups is 1. The van der Waals surface area contributed by atoms with Crippen LogP contribution in [-0.4, -0.2) is 16.3 Å². The van der Waals surface area contributed by atoms with E-state index in [9.17, 15) is 4.79 Å². The van der Waals surface area contributed by atoms with Gasteiger partial charge in [0.05, 0.1) is 10.6 Å². The van der Waals surface area contributed by atoms with E-state index in [0.717, 1.165) is 11.3 Å². The quantitative estimate of drug-likeness (QED) is 0.742. The zero-order valence-corrected chi connectivity index (χ0v) is 11.4. The molecule has 1 heterocycles. The highest BCUT2D eigenvalue weighted by Crippen LogP contribution is 2.25. The third-order valence-corrected chi connectivity index (χ3v) is 4.46. The molecule has 0 saturated heterocycles. The Hall–Kier alpha value is -0.280. The highest BCUT2D eigenvalue weighted by atomic mass is 32.2. The summed E-state index contributed by atoms with van der Waals surface area (Å²) in [5.41, 5.74) is 0. The van der Waals surface area contributed by atoms with E-state index < -0.39 is 0 Å². The minimum Gasteiger partial charge on any atom is -0.292 e. The number of Topliss-reactive ketones (excluding diaryl/α,β-unsaturated/α-hetero) is 1. The molecule has 1 aromatic heterocycles. The summed E-state index contributed by atoms with van der Waals surface area (Å²) in [5.74, 6) is 0.854. The van der Waals surface area contributed by atoms with Gasteiger partial charge in [0.25, 0.3) is 0 Å². The van der Waals surface area contributed by atoms with Crippen LogP contribution in [-0.2, 0) is 6.42 Å². The lowest BCUT2D eigenvalue weighted by molar-refractivity contribution is 0.102. The van der Waals surface area contributed by atoms with Crippen molar-refractivity contribution in [1.82, 2.24) is 0 Å². The van der Waals surface area contributed by atoms with E-state index in [2.05, 4.69) is 33.8 Å². The fourth-order valence-electron chi connectivity index (χ4n) is 1.07. The molecule has 3 heteroatoms. The average molecular weight is 242 g/mol. The maximum atomic E-state index is 11.8. The zero-order chi connectivity index (χ0) is 11.5. The Labute approximate surface area is 100 Å². The van der Waals surface area contributed by atoms with Gasteiger partial charge < -0.3 is 0 Å². The summed E-state index contributed by atoms with van der Waals surface area (Å²) in [6.45, 7) is 8.52. The van der Waals surface area contributed by atoms with Crippen molar-refractivity contribution < 1.29 is 4.79 Å². The first-order chi connectivity index (χ1) is 6.92. The van der Waals surface area contributed by atoms with E-state index in [0.29, 0.717) is 5.75 Å². The number of thiophene rings is 1. The first-order valence-electron chi connectivity index (χ1n) is 5.18. The molecular formula is C12H18OS2. The molecule has 0 amide bonds. The Morgan fingerprint density at radius 1 is 1.40 bits per heavy atom. The standard InChI is InChI=1S/C12H18OS2/c1-5-9-6-7-11(15-9)10(13)8-14-12(2,3)4/h6-7H,5,8H2,1-4H3. The molecule has 0 aromatic carbocycles. The van der Waals surface area contributed by atoms with Crippen molar-refractivity contribution in [2.45, 2.75) is 38.9 Å². The first-order valence-corrected chi connectivity index (χ1v) is 6.98. The Balaban J connectivity index is 2.54. The zero-order valence-electron chi connectivity index (χ0n) is 9.79. The number of hydrogen-bond donors (Lipinski definition) is 0. The molecule has 0 saturated carbocycles. The number of rotatable bonds is 4. The van der Waals surface area contributed by atoms with Crippen LogP contribution in [0.2, 0.25) is 0 Å². The summed E-state index contributed by atoms with van der Waals surface area (Å²) in [7, 11) is 0. The molecule has 0 aliphatic rings. The van der Waals surface area contributed by atoms with Crippen molar-refractivity contribution in [3.05, 3.63) is 21.9 Å². The highest BCUT2D eigenvalue weighted by Gasteiger charge is 2.15. The second-order valence-corrected chi connectivity index (χ2v) is 7.41. The van der Waals surface area contributed by atoms with Gasteiger partial charge in [-0.2, -0.15) is 0 Å². The number of thioether (sulfide) groups is 1. The van der Waals surface area contributed by atoms with Crippen LogP contribution in [0.5, 0.6) is 0 Å². The molecule has 0 unspecified atom stereocenters. The second kappa shape index (κ2) is 5.17. The Morgan fingerprint density at radius 3 is 2.53 bits per heavy atom. The third kappa shape index (κ3) is 4.39. The van der Waals surface area contributed by atoms with Crippen molar-refractivity contribution in [1.29, 1.82) is 0 Å². The maximum Gasteiger partial charge on any atom is 0.182 e. The van der Waals surface area contributed by atoms with Crippen molar-refractivity contribution in [2.24, 2.45) is 0 Å².